The Kier molecular flexibility index (Phi) is 2.40. The van der Waals surface area contributed by atoms with Gasteiger partial charge in [0.2, 0.25) is 0 Å². The van der Waals surface area contributed by atoms with Crippen LogP contribution in [0.2, 0.25) is 5.02 Å². The molecule has 7 rings (SSSR count). The number of benzene rings is 2. The maximum absolute atomic E-state index is 6.37. The maximum Gasteiger partial charge on any atom is 0.0412 e. The molecule has 0 N–H and O–H groups in total. The zero-order valence-electron chi connectivity index (χ0n) is 13.3. The van der Waals surface area contributed by atoms with Gasteiger partial charge in [0.25, 0.3) is 0 Å². The summed E-state index contributed by atoms with van der Waals surface area (Å²) in [5.41, 5.74) is 6.38. The van der Waals surface area contributed by atoms with Gasteiger partial charge >= 0.3 is 0 Å². The lowest BCUT2D eigenvalue weighted by atomic mass is 9.43. The SMILES string of the molecule is Clc1ccc2c(c1)-c1ccccc1C21C2CC3CC(C2)CC1C3. The Balaban J connectivity index is 1.68. The van der Waals surface area contributed by atoms with Gasteiger partial charge in [-0.05, 0) is 90.2 Å². The highest BCUT2D eigenvalue weighted by Gasteiger charge is 2.61. The highest BCUT2D eigenvalue weighted by molar-refractivity contribution is 6.31. The lowest BCUT2D eigenvalue weighted by Gasteiger charge is -2.61. The van der Waals surface area contributed by atoms with Gasteiger partial charge in [-0.25, -0.2) is 0 Å². The number of hydrogen-bond donors (Lipinski definition) is 0. The van der Waals surface area contributed by atoms with E-state index in [4.69, 9.17) is 11.6 Å². The molecule has 2 aromatic rings. The third kappa shape index (κ3) is 1.45. The molecule has 5 aliphatic rings. The van der Waals surface area contributed by atoms with Crippen molar-refractivity contribution in [3.8, 4) is 11.1 Å². The third-order valence-electron chi connectivity index (χ3n) is 7.52. The predicted octanol–water partition coefficient (Wildman–Crippen LogP) is 6.06. The van der Waals surface area contributed by atoms with Gasteiger partial charge < -0.3 is 0 Å². The normalized spacial score (nSPS) is 38.8. The Hall–Kier alpha value is -1.27. The molecule has 1 heteroatoms. The van der Waals surface area contributed by atoms with Gasteiger partial charge in [-0.1, -0.05) is 41.9 Å². The summed E-state index contributed by atoms with van der Waals surface area (Å²) in [7, 11) is 0. The van der Waals surface area contributed by atoms with E-state index in [1.807, 2.05) is 0 Å². The molecule has 0 heterocycles. The molecule has 0 radical (unpaired) electrons. The van der Waals surface area contributed by atoms with Crippen molar-refractivity contribution in [1.82, 2.24) is 0 Å². The summed E-state index contributed by atoms with van der Waals surface area (Å²) in [6.45, 7) is 0. The smallest absolute Gasteiger partial charge is 0.0412 e. The second kappa shape index (κ2) is 4.22. The molecule has 0 saturated heterocycles. The van der Waals surface area contributed by atoms with Gasteiger partial charge in [-0.3, -0.25) is 0 Å². The minimum Gasteiger partial charge on any atom is -0.0843 e. The summed E-state index contributed by atoms with van der Waals surface area (Å²) in [5.74, 6) is 3.71. The molecule has 0 aliphatic heterocycles. The second-order valence-electron chi connectivity index (χ2n) is 8.41. The van der Waals surface area contributed by atoms with Crippen LogP contribution in [0.3, 0.4) is 0 Å². The zero-order chi connectivity index (χ0) is 15.2. The molecule has 0 unspecified atom stereocenters. The summed E-state index contributed by atoms with van der Waals surface area (Å²) in [6, 6.07) is 15.9. The molecule has 0 aromatic heterocycles. The molecule has 2 aromatic carbocycles. The van der Waals surface area contributed by atoms with Crippen molar-refractivity contribution in [2.24, 2.45) is 23.7 Å². The van der Waals surface area contributed by atoms with Gasteiger partial charge in [0, 0.05) is 10.4 Å². The van der Waals surface area contributed by atoms with Crippen molar-refractivity contribution >= 4 is 11.6 Å². The molecule has 4 fully saturated rings. The van der Waals surface area contributed by atoms with Gasteiger partial charge in [-0.15, -0.1) is 0 Å². The maximum atomic E-state index is 6.37. The predicted molar refractivity (Wildman–Crippen MR) is 94.7 cm³/mol. The summed E-state index contributed by atoms with van der Waals surface area (Å²) in [6.07, 6.45) is 7.30. The number of hydrogen-bond acceptors (Lipinski definition) is 0. The van der Waals surface area contributed by atoms with Crippen LogP contribution in [0, 0.1) is 23.7 Å². The topological polar surface area (TPSA) is 0 Å². The van der Waals surface area contributed by atoms with Crippen LogP contribution >= 0.6 is 11.6 Å². The Labute approximate surface area is 142 Å². The van der Waals surface area contributed by atoms with Crippen LogP contribution in [0.15, 0.2) is 42.5 Å². The minimum absolute atomic E-state index is 0.296. The van der Waals surface area contributed by atoms with Crippen molar-refractivity contribution in [3.63, 3.8) is 0 Å². The van der Waals surface area contributed by atoms with Crippen molar-refractivity contribution < 1.29 is 0 Å². The van der Waals surface area contributed by atoms with Gasteiger partial charge in [-0.2, -0.15) is 0 Å². The number of fused-ring (bicyclic) bond motifs is 3. The van der Waals surface area contributed by atoms with Crippen LogP contribution < -0.4 is 0 Å². The van der Waals surface area contributed by atoms with E-state index in [0.717, 1.165) is 28.7 Å². The molecule has 1 spiro atoms. The van der Waals surface area contributed by atoms with Crippen molar-refractivity contribution in [2.75, 3.05) is 0 Å². The molecule has 0 nitrogen and oxygen atoms in total. The van der Waals surface area contributed by atoms with Gasteiger partial charge in [0.15, 0.2) is 0 Å². The van der Waals surface area contributed by atoms with Crippen LogP contribution in [0.5, 0.6) is 0 Å². The lowest BCUT2D eigenvalue weighted by molar-refractivity contribution is -0.0399. The first-order valence-electron chi connectivity index (χ1n) is 9.16. The van der Waals surface area contributed by atoms with E-state index < -0.39 is 0 Å². The quantitative estimate of drug-likeness (QED) is 0.553. The van der Waals surface area contributed by atoms with E-state index in [9.17, 15) is 0 Å². The Morgan fingerprint density at radius 1 is 0.739 bits per heavy atom. The van der Waals surface area contributed by atoms with Crippen LogP contribution in [-0.2, 0) is 5.41 Å². The van der Waals surface area contributed by atoms with Crippen LogP contribution in [0.4, 0.5) is 0 Å². The molecule has 23 heavy (non-hydrogen) atoms. The molecule has 4 saturated carbocycles. The molecule has 0 amide bonds. The number of halogens is 1. The summed E-state index contributed by atoms with van der Waals surface area (Å²) in [5, 5.41) is 0.874. The summed E-state index contributed by atoms with van der Waals surface area (Å²) < 4.78 is 0. The summed E-state index contributed by atoms with van der Waals surface area (Å²) in [4.78, 5) is 0. The fourth-order valence-electron chi connectivity index (χ4n) is 7.13. The van der Waals surface area contributed by atoms with Crippen LogP contribution in [0.1, 0.15) is 43.2 Å². The van der Waals surface area contributed by atoms with Crippen LogP contribution in [0.25, 0.3) is 11.1 Å². The molecular weight excluding hydrogens is 300 g/mol. The molecule has 116 valence electrons. The first-order chi connectivity index (χ1) is 11.3. The largest absolute Gasteiger partial charge is 0.0843 e. The summed E-state index contributed by atoms with van der Waals surface area (Å²) >= 11 is 6.37. The third-order valence-corrected chi connectivity index (χ3v) is 7.75. The average molecular weight is 321 g/mol. The molecule has 0 atom stereocenters. The van der Waals surface area contributed by atoms with E-state index in [1.165, 1.54) is 43.2 Å². The van der Waals surface area contributed by atoms with E-state index in [0.29, 0.717) is 5.41 Å². The zero-order valence-corrected chi connectivity index (χ0v) is 14.0. The van der Waals surface area contributed by atoms with E-state index in [1.54, 1.807) is 11.1 Å². The van der Waals surface area contributed by atoms with Gasteiger partial charge in [0.05, 0.1) is 0 Å². The Morgan fingerprint density at radius 2 is 1.39 bits per heavy atom. The Morgan fingerprint density at radius 3 is 2.13 bits per heavy atom. The van der Waals surface area contributed by atoms with E-state index in [2.05, 4.69) is 42.5 Å². The first-order valence-corrected chi connectivity index (χ1v) is 9.54. The molecule has 4 bridgehead atoms. The standard InChI is InChI=1S/C22H21Cl/c23-17-5-6-21-19(12-17)18-3-1-2-4-20(18)22(21)15-8-13-7-14(10-15)11-16(22)9-13/h1-6,12-16H,7-11H2. The first kappa shape index (κ1) is 13.1. The van der Waals surface area contributed by atoms with Crippen molar-refractivity contribution in [1.29, 1.82) is 0 Å². The average Bonchev–Trinajstić information content (AvgIpc) is 2.83. The highest BCUT2D eigenvalue weighted by atomic mass is 35.5. The van der Waals surface area contributed by atoms with E-state index >= 15 is 0 Å². The monoisotopic (exact) mass is 320 g/mol. The fourth-order valence-corrected chi connectivity index (χ4v) is 7.30. The minimum atomic E-state index is 0.296. The second-order valence-corrected chi connectivity index (χ2v) is 8.85. The van der Waals surface area contributed by atoms with Gasteiger partial charge in [0.1, 0.15) is 0 Å². The fraction of sp³-hybridized carbons (Fsp3) is 0.455. The highest BCUT2D eigenvalue weighted by Crippen LogP contribution is 2.69. The molecule has 5 aliphatic carbocycles. The van der Waals surface area contributed by atoms with Crippen molar-refractivity contribution in [3.05, 3.63) is 58.6 Å². The van der Waals surface area contributed by atoms with E-state index in [-0.39, 0.29) is 0 Å². The van der Waals surface area contributed by atoms with Crippen molar-refractivity contribution in [2.45, 2.75) is 37.5 Å². The lowest BCUT2D eigenvalue weighted by Crippen LogP contribution is -2.55. The number of rotatable bonds is 0. The molecular formula is C22H21Cl. The Bertz CT molecular complexity index is 790. The van der Waals surface area contributed by atoms with Crippen LogP contribution in [-0.4, -0.2) is 0 Å².